The highest BCUT2D eigenvalue weighted by molar-refractivity contribution is 8.77. The lowest BCUT2D eigenvalue weighted by atomic mass is 10.0. The number of carbonyl (C=O) groups excluding carboxylic acids is 3. The predicted molar refractivity (Wildman–Crippen MR) is 202 cm³/mol. The molecule has 48 heavy (non-hydrogen) atoms. The predicted octanol–water partition coefficient (Wildman–Crippen LogP) is 6.55. The third kappa shape index (κ3) is 26.1. The molecule has 0 saturated heterocycles. The summed E-state index contributed by atoms with van der Waals surface area (Å²) in [5.74, 6) is 6.32. The molecule has 9 nitrogen and oxygen atoms in total. The topological polar surface area (TPSA) is 137 Å². The Labute approximate surface area is 297 Å². The Kier molecular flexibility index (Phi) is 26.3. The molecule has 0 heterocycles. The number of aliphatic hydroxyl groups is 2. The molecule has 0 aromatic carbocycles. The third-order valence-corrected chi connectivity index (χ3v) is 9.47. The van der Waals surface area contributed by atoms with Gasteiger partial charge >= 0.3 is 6.09 Å². The summed E-state index contributed by atoms with van der Waals surface area (Å²) in [6.45, 7) is 10.5. The molecule has 270 valence electrons. The molecule has 0 spiro atoms. The quantitative estimate of drug-likeness (QED) is 0.0350. The van der Waals surface area contributed by atoms with Gasteiger partial charge in [-0.3, -0.25) is 9.59 Å². The van der Waals surface area contributed by atoms with Gasteiger partial charge in [-0.25, -0.2) is 4.79 Å². The van der Waals surface area contributed by atoms with Crippen LogP contribution in [0.1, 0.15) is 92.9 Å². The summed E-state index contributed by atoms with van der Waals surface area (Å²) in [6, 6.07) is -1.87. The highest BCUT2D eigenvalue weighted by Gasteiger charge is 2.39. The van der Waals surface area contributed by atoms with Gasteiger partial charge in [-0.1, -0.05) is 101 Å². The SMILES string of the molecule is CC/C=C\C/C=C\CC#CC/C=C\C/C=C\C/C=C\CCC(=O)NCCSSC(C)(C)[C@@H](NC(=O)OC(C)(C)C)C(=O)NC(CO)CO. The van der Waals surface area contributed by atoms with Gasteiger partial charge in [0.1, 0.15) is 11.6 Å². The first-order valence-electron chi connectivity index (χ1n) is 16.7. The molecule has 3 amide bonds. The van der Waals surface area contributed by atoms with Crippen LogP contribution in [0, 0.1) is 11.8 Å². The maximum absolute atomic E-state index is 13.0. The molecule has 0 saturated carbocycles. The average Bonchev–Trinajstić information content (AvgIpc) is 3.02. The Morgan fingerprint density at radius 2 is 1.33 bits per heavy atom. The van der Waals surface area contributed by atoms with E-state index in [0.717, 1.165) is 38.5 Å². The molecular weight excluding hydrogens is 647 g/mol. The minimum absolute atomic E-state index is 0.0312. The van der Waals surface area contributed by atoms with Gasteiger partial charge in [-0.15, -0.1) is 0 Å². The van der Waals surface area contributed by atoms with Crippen LogP contribution in [0.4, 0.5) is 4.79 Å². The number of aliphatic hydroxyl groups excluding tert-OH is 2. The van der Waals surface area contributed by atoms with Crippen molar-refractivity contribution in [1.82, 2.24) is 16.0 Å². The van der Waals surface area contributed by atoms with E-state index in [1.165, 1.54) is 21.6 Å². The van der Waals surface area contributed by atoms with Crippen LogP contribution in [0.15, 0.2) is 60.8 Å². The molecule has 0 radical (unpaired) electrons. The van der Waals surface area contributed by atoms with E-state index in [-0.39, 0.29) is 5.91 Å². The molecule has 5 N–H and O–H groups in total. The number of hydrogen-bond acceptors (Lipinski definition) is 8. The summed E-state index contributed by atoms with van der Waals surface area (Å²) < 4.78 is 4.54. The molecule has 0 bridgehead atoms. The zero-order valence-electron chi connectivity index (χ0n) is 29.8. The van der Waals surface area contributed by atoms with Crippen LogP contribution in [-0.2, 0) is 14.3 Å². The summed E-state index contributed by atoms with van der Waals surface area (Å²) >= 11 is 0. The third-order valence-electron chi connectivity index (χ3n) is 6.18. The lowest BCUT2D eigenvalue weighted by Crippen LogP contribution is -2.59. The van der Waals surface area contributed by atoms with Gasteiger partial charge < -0.3 is 30.9 Å². The molecule has 1 atom stereocenters. The van der Waals surface area contributed by atoms with Crippen molar-refractivity contribution in [3.05, 3.63) is 60.8 Å². The Morgan fingerprint density at radius 3 is 1.88 bits per heavy atom. The van der Waals surface area contributed by atoms with E-state index in [1.54, 1.807) is 34.6 Å². The molecule has 11 heteroatoms. The van der Waals surface area contributed by atoms with Gasteiger partial charge in [-0.05, 0) is 66.7 Å². The van der Waals surface area contributed by atoms with E-state index in [9.17, 15) is 24.6 Å². The first-order valence-corrected chi connectivity index (χ1v) is 19.0. The number of carbonyl (C=O) groups is 3. The van der Waals surface area contributed by atoms with E-state index in [2.05, 4.69) is 89.4 Å². The summed E-state index contributed by atoms with van der Waals surface area (Å²) in [5, 5.41) is 26.9. The van der Waals surface area contributed by atoms with Crippen LogP contribution in [0.5, 0.6) is 0 Å². The second kappa shape index (κ2) is 28.0. The van der Waals surface area contributed by atoms with Crippen molar-refractivity contribution < 1.29 is 29.3 Å². The molecule has 0 aliphatic heterocycles. The van der Waals surface area contributed by atoms with Crippen LogP contribution in [0.25, 0.3) is 0 Å². The second-order valence-corrected chi connectivity index (χ2v) is 15.4. The van der Waals surface area contributed by atoms with Crippen molar-refractivity contribution in [2.75, 3.05) is 25.5 Å². The summed E-state index contributed by atoms with van der Waals surface area (Å²) in [4.78, 5) is 37.7. The Hall–Kier alpha value is -2.91. The van der Waals surface area contributed by atoms with E-state index in [1.807, 2.05) is 6.08 Å². The Balaban J connectivity index is 4.34. The molecular formula is C37H59N3O6S2. The molecule has 0 aliphatic rings. The lowest BCUT2D eigenvalue weighted by Gasteiger charge is -2.34. The van der Waals surface area contributed by atoms with Crippen LogP contribution in [-0.4, -0.2) is 76.1 Å². The van der Waals surface area contributed by atoms with E-state index in [4.69, 9.17) is 4.74 Å². The average molecular weight is 706 g/mol. The number of allylic oxidation sites excluding steroid dienone is 10. The van der Waals surface area contributed by atoms with Crippen molar-refractivity contribution in [2.24, 2.45) is 0 Å². The molecule has 0 unspecified atom stereocenters. The van der Waals surface area contributed by atoms with Crippen molar-refractivity contribution >= 4 is 39.5 Å². The van der Waals surface area contributed by atoms with E-state index in [0.29, 0.717) is 25.1 Å². The van der Waals surface area contributed by atoms with Gasteiger partial charge in [0.2, 0.25) is 11.8 Å². The Morgan fingerprint density at radius 1 is 0.792 bits per heavy atom. The maximum atomic E-state index is 13.0. The van der Waals surface area contributed by atoms with Crippen LogP contribution < -0.4 is 16.0 Å². The molecule has 0 fully saturated rings. The van der Waals surface area contributed by atoms with E-state index < -0.39 is 47.6 Å². The maximum Gasteiger partial charge on any atom is 0.408 e. The second-order valence-electron chi connectivity index (χ2n) is 12.3. The van der Waals surface area contributed by atoms with Crippen LogP contribution in [0.3, 0.4) is 0 Å². The van der Waals surface area contributed by atoms with Gasteiger partial charge in [0.15, 0.2) is 0 Å². The van der Waals surface area contributed by atoms with Crippen LogP contribution >= 0.6 is 21.6 Å². The van der Waals surface area contributed by atoms with E-state index >= 15 is 0 Å². The number of hydrogen-bond donors (Lipinski definition) is 5. The fraction of sp³-hybridized carbons (Fsp3) is 0.595. The first kappa shape index (κ1) is 45.1. The number of nitrogens with one attached hydrogen (secondary N) is 3. The minimum atomic E-state index is -1.01. The van der Waals surface area contributed by atoms with Gasteiger partial charge in [-0.2, -0.15) is 0 Å². The van der Waals surface area contributed by atoms with Crippen molar-refractivity contribution in [3.8, 4) is 11.8 Å². The fourth-order valence-corrected chi connectivity index (χ4v) is 6.25. The largest absolute Gasteiger partial charge is 0.444 e. The molecule has 0 rings (SSSR count). The smallest absolute Gasteiger partial charge is 0.408 e. The van der Waals surface area contributed by atoms with Gasteiger partial charge in [0, 0.05) is 31.6 Å². The summed E-state index contributed by atoms with van der Waals surface area (Å²) in [7, 11) is 2.85. The number of ether oxygens (including phenoxy) is 1. The fourth-order valence-electron chi connectivity index (χ4n) is 3.72. The number of amides is 3. The van der Waals surface area contributed by atoms with Crippen molar-refractivity contribution in [1.29, 1.82) is 0 Å². The lowest BCUT2D eigenvalue weighted by molar-refractivity contribution is -0.125. The van der Waals surface area contributed by atoms with Crippen molar-refractivity contribution in [2.45, 2.75) is 115 Å². The molecule has 0 aliphatic carbocycles. The number of rotatable bonds is 23. The van der Waals surface area contributed by atoms with Gasteiger partial charge in [0.05, 0.1) is 24.0 Å². The standard InChI is InChI=1S/C37H59N3O6S2/c1-7-8-9-10-11-12-13-14-15-16-17-18-19-20-21-22-23-24-25-26-32(43)38-27-28-47-48-37(5,6)33(34(44)39-31(29-41)30-42)40-35(45)46-36(2,3)4/h8-9,11-12,17-18,20-21,23-24,31,33,41-42H,7,10,13,16,19,22,25-30H2,1-6H3,(H,38,43)(H,39,44)(H,40,45)/b9-8-,12-11-,18-17-,21-20-,24-23-/t33-/m0/s1. The van der Waals surface area contributed by atoms with Crippen molar-refractivity contribution in [3.63, 3.8) is 0 Å². The highest BCUT2D eigenvalue weighted by Crippen LogP contribution is 2.38. The normalized spacial score (nSPS) is 13.1. The highest BCUT2D eigenvalue weighted by atomic mass is 33.1. The zero-order valence-corrected chi connectivity index (χ0v) is 31.4. The molecule has 0 aromatic rings. The molecule has 0 aromatic heterocycles. The minimum Gasteiger partial charge on any atom is -0.444 e. The van der Waals surface area contributed by atoms with Gasteiger partial charge in [0.25, 0.3) is 0 Å². The monoisotopic (exact) mass is 705 g/mol. The summed E-state index contributed by atoms with van der Waals surface area (Å²) in [5.41, 5.74) is -0.751. The first-order chi connectivity index (χ1) is 22.9. The van der Waals surface area contributed by atoms with Crippen LogP contribution in [0.2, 0.25) is 0 Å². The zero-order chi connectivity index (χ0) is 36.1. The number of alkyl carbamates (subject to hydrolysis) is 1. The Bertz CT molecular complexity index is 1130. The summed E-state index contributed by atoms with van der Waals surface area (Å²) in [6.07, 6.45) is 26.7.